The molecule has 0 amide bonds. The topological polar surface area (TPSA) is 28.0 Å². The number of hydrogen-bond acceptors (Lipinski definition) is 2. The Labute approximate surface area is 91.1 Å². The van der Waals surface area contributed by atoms with E-state index < -0.39 is 0 Å². The molecule has 1 aromatic carbocycles. The van der Waals surface area contributed by atoms with Gasteiger partial charge in [0.25, 0.3) is 0 Å². The van der Waals surface area contributed by atoms with Crippen LogP contribution in [-0.4, -0.2) is 30.5 Å². The highest BCUT2D eigenvalue weighted by Gasteiger charge is 1.88. The summed E-state index contributed by atoms with van der Waals surface area (Å²) in [4.78, 5) is 2.09. The zero-order valence-electron chi connectivity index (χ0n) is 9.30. The van der Waals surface area contributed by atoms with E-state index in [-0.39, 0.29) is 0 Å². The van der Waals surface area contributed by atoms with Crippen LogP contribution in [0.4, 0.5) is 0 Å². The maximum absolute atomic E-state index is 3.98. The van der Waals surface area contributed by atoms with Crippen LogP contribution in [0.15, 0.2) is 40.5 Å². The first-order chi connectivity index (χ1) is 7.36. The van der Waals surface area contributed by atoms with Crippen molar-refractivity contribution in [1.82, 2.24) is 4.90 Å². The van der Waals surface area contributed by atoms with Crippen molar-refractivity contribution in [3.63, 3.8) is 0 Å². The van der Waals surface area contributed by atoms with Crippen LogP contribution < -0.4 is 0 Å². The van der Waals surface area contributed by atoms with Gasteiger partial charge < -0.3 is 4.90 Å². The van der Waals surface area contributed by atoms with Crippen molar-refractivity contribution in [3.8, 4) is 0 Å². The monoisotopic (exact) mass is 203 g/mol. The second-order valence-electron chi connectivity index (χ2n) is 3.11. The van der Waals surface area contributed by atoms with Crippen molar-refractivity contribution in [1.29, 1.82) is 0 Å². The van der Waals surface area contributed by atoms with Gasteiger partial charge in [0.2, 0.25) is 0 Å². The van der Waals surface area contributed by atoms with Crippen LogP contribution in [0, 0.1) is 0 Å². The first-order valence-electron chi connectivity index (χ1n) is 5.22. The molecule has 0 radical (unpaired) electrons. The first-order valence-corrected chi connectivity index (χ1v) is 5.22. The van der Waals surface area contributed by atoms with Gasteiger partial charge in [-0.15, -0.1) is 5.10 Å². The molecule has 0 N–H and O–H groups in total. The van der Waals surface area contributed by atoms with Gasteiger partial charge in [-0.1, -0.05) is 30.3 Å². The molecule has 15 heavy (non-hydrogen) atoms. The van der Waals surface area contributed by atoms with E-state index in [2.05, 4.69) is 29.0 Å². The van der Waals surface area contributed by atoms with Crippen molar-refractivity contribution >= 4 is 12.6 Å². The fraction of sp³-hybridized carbons (Fsp3) is 0.333. The highest BCUT2D eigenvalue weighted by Crippen LogP contribution is 1.93. The normalized spacial score (nSPS) is 11.3. The molecule has 0 saturated heterocycles. The Kier molecular flexibility index (Phi) is 5.15. The molecule has 1 aromatic rings. The Hall–Kier alpha value is -1.64. The molecule has 0 unspecified atom stereocenters. The molecule has 3 heteroatoms. The summed E-state index contributed by atoms with van der Waals surface area (Å²) >= 11 is 0. The van der Waals surface area contributed by atoms with Gasteiger partial charge in [0.05, 0.1) is 6.21 Å². The molecule has 0 bridgehead atoms. The lowest BCUT2D eigenvalue weighted by atomic mass is 10.2. The van der Waals surface area contributed by atoms with Crippen LogP contribution in [-0.2, 0) is 0 Å². The maximum atomic E-state index is 3.98. The molecule has 0 aliphatic heterocycles. The van der Waals surface area contributed by atoms with Gasteiger partial charge in [-0.05, 0) is 19.4 Å². The molecule has 0 saturated carbocycles. The van der Waals surface area contributed by atoms with Gasteiger partial charge in [-0.3, -0.25) is 0 Å². The van der Waals surface area contributed by atoms with Crippen LogP contribution in [0.2, 0.25) is 0 Å². The highest BCUT2D eigenvalue weighted by atomic mass is 15.3. The van der Waals surface area contributed by atoms with Crippen molar-refractivity contribution < 1.29 is 0 Å². The Morgan fingerprint density at radius 1 is 1.07 bits per heavy atom. The Bertz CT molecular complexity index is 313. The van der Waals surface area contributed by atoms with Crippen LogP contribution in [0.5, 0.6) is 0 Å². The fourth-order valence-corrected chi connectivity index (χ4v) is 1.13. The van der Waals surface area contributed by atoms with Gasteiger partial charge in [0, 0.05) is 13.1 Å². The number of nitrogens with zero attached hydrogens (tertiary/aromatic N) is 3. The summed E-state index contributed by atoms with van der Waals surface area (Å²) in [6.07, 6.45) is 3.51. The minimum Gasteiger partial charge on any atom is -0.362 e. The number of hydrogen-bond donors (Lipinski definition) is 0. The van der Waals surface area contributed by atoms with Gasteiger partial charge in [-0.2, -0.15) is 5.10 Å². The molecular weight excluding hydrogens is 186 g/mol. The molecule has 0 atom stereocenters. The summed E-state index contributed by atoms with van der Waals surface area (Å²) in [5.41, 5.74) is 1.06. The molecule has 0 aliphatic rings. The molecule has 0 spiro atoms. The van der Waals surface area contributed by atoms with Crippen molar-refractivity contribution in [2.45, 2.75) is 13.8 Å². The zero-order chi connectivity index (χ0) is 10.9. The second kappa shape index (κ2) is 6.76. The van der Waals surface area contributed by atoms with E-state index in [1.54, 1.807) is 12.6 Å². The number of rotatable bonds is 5. The van der Waals surface area contributed by atoms with E-state index in [0.717, 1.165) is 18.7 Å². The Morgan fingerprint density at radius 2 is 1.73 bits per heavy atom. The summed E-state index contributed by atoms with van der Waals surface area (Å²) in [5, 5.41) is 7.96. The third kappa shape index (κ3) is 4.40. The molecule has 80 valence electrons. The summed E-state index contributed by atoms with van der Waals surface area (Å²) in [7, 11) is 0. The summed E-state index contributed by atoms with van der Waals surface area (Å²) in [6.45, 7) is 6.11. The fourth-order valence-electron chi connectivity index (χ4n) is 1.13. The van der Waals surface area contributed by atoms with E-state index in [0.29, 0.717) is 0 Å². The lowest BCUT2D eigenvalue weighted by Gasteiger charge is -2.11. The average Bonchev–Trinajstić information content (AvgIpc) is 2.31. The lowest BCUT2D eigenvalue weighted by Crippen LogP contribution is -2.20. The van der Waals surface area contributed by atoms with Gasteiger partial charge in [0.15, 0.2) is 0 Å². The standard InChI is InChI=1S/C12H17N3/c1-3-15(4-2)11-14-13-10-12-8-6-5-7-9-12/h5-11H,3-4H2,1-2H3. The van der Waals surface area contributed by atoms with Gasteiger partial charge in [-0.25, -0.2) is 0 Å². The average molecular weight is 203 g/mol. The SMILES string of the molecule is CCN(C=NN=Cc1ccccc1)CC. The van der Waals surface area contributed by atoms with Crippen molar-refractivity contribution in [3.05, 3.63) is 35.9 Å². The summed E-state index contributed by atoms with van der Waals surface area (Å²) in [5.74, 6) is 0. The molecule has 0 aromatic heterocycles. The molecule has 0 fully saturated rings. The van der Waals surface area contributed by atoms with Gasteiger partial charge in [0.1, 0.15) is 6.34 Å². The van der Waals surface area contributed by atoms with Crippen LogP contribution in [0.1, 0.15) is 19.4 Å². The first kappa shape index (κ1) is 11.4. The number of benzene rings is 1. The maximum Gasteiger partial charge on any atom is 0.114 e. The third-order valence-electron chi connectivity index (χ3n) is 2.10. The van der Waals surface area contributed by atoms with Crippen molar-refractivity contribution in [2.75, 3.05) is 13.1 Å². The second-order valence-corrected chi connectivity index (χ2v) is 3.11. The van der Waals surface area contributed by atoms with E-state index in [4.69, 9.17) is 0 Å². The predicted octanol–water partition coefficient (Wildman–Crippen LogP) is 2.39. The third-order valence-corrected chi connectivity index (χ3v) is 2.10. The minimum absolute atomic E-state index is 0.959. The molecule has 0 aliphatic carbocycles. The molecule has 3 nitrogen and oxygen atoms in total. The van der Waals surface area contributed by atoms with Crippen LogP contribution >= 0.6 is 0 Å². The van der Waals surface area contributed by atoms with E-state index in [1.165, 1.54) is 0 Å². The molecular formula is C12H17N3. The van der Waals surface area contributed by atoms with Gasteiger partial charge >= 0.3 is 0 Å². The smallest absolute Gasteiger partial charge is 0.114 e. The zero-order valence-corrected chi connectivity index (χ0v) is 9.30. The van der Waals surface area contributed by atoms with Crippen LogP contribution in [0.25, 0.3) is 0 Å². The Morgan fingerprint density at radius 3 is 2.33 bits per heavy atom. The minimum atomic E-state index is 0.959. The predicted molar refractivity (Wildman–Crippen MR) is 65.4 cm³/mol. The Balaban J connectivity index is 2.46. The highest BCUT2D eigenvalue weighted by molar-refractivity contribution is 5.79. The largest absolute Gasteiger partial charge is 0.362 e. The van der Waals surface area contributed by atoms with Crippen molar-refractivity contribution in [2.24, 2.45) is 10.2 Å². The van der Waals surface area contributed by atoms with E-state index in [1.807, 2.05) is 30.3 Å². The molecule has 0 heterocycles. The lowest BCUT2D eigenvalue weighted by molar-refractivity contribution is 0.478. The summed E-state index contributed by atoms with van der Waals surface area (Å²) in [6, 6.07) is 9.94. The summed E-state index contributed by atoms with van der Waals surface area (Å²) < 4.78 is 0. The quantitative estimate of drug-likeness (QED) is 0.410. The van der Waals surface area contributed by atoms with E-state index in [9.17, 15) is 0 Å². The van der Waals surface area contributed by atoms with Crippen LogP contribution in [0.3, 0.4) is 0 Å². The van der Waals surface area contributed by atoms with E-state index >= 15 is 0 Å². The molecule has 1 rings (SSSR count).